The molecule has 0 bridgehead atoms. The fraction of sp³-hybridized carbons (Fsp3) is 0.308. The monoisotopic (exact) mass is 200 g/mol. The molecule has 0 aliphatic carbocycles. The van der Waals surface area contributed by atoms with E-state index in [9.17, 15) is 0 Å². The van der Waals surface area contributed by atoms with Gasteiger partial charge in [-0.15, -0.1) is 0 Å². The van der Waals surface area contributed by atoms with E-state index in [0.29, 0.717) is 0 Å². The summed E-state index contributed by atoms with van der Waals surface area (Å²) in [6, 6.07) is 6.38. The minimum Gasteiger partial charge on any atom is -0.397 e. The maximum absolute atomic E-state index is 5.78. The predicted octanol–water partition coefficient (Wildman–Crippen LogP) is 2.94. The molecule has 15 heavy (non-hydrogen) atoms. The van der Waals surface area contributed by atoms with Crippen molar-refractivity contribution < 1.29 is 0 Å². The topological polar surface area (TPSA) is 38.9 Å². The van der Waals surface area contributed by atoms with Crippen LogP contribution in [0.15, 0.2) is 24.4 Å². The number of hydrogen-bond acceptors (Lipinski definition) is 2. The third kappa shape index (κ3) is 1.67. The summed E-state index contributed by atoms with van der Waals surface area (Å²) in [5.74, 6) is 0. The molecule has 2 nitrogen and oxygen atoms in total. The fourth-order valence-corrected chi connectivity index (χ4v) is 1.95. The van der Waals surface area contributed by atoms with E-state index < -0.39 is 0 Å². The number of nitrogens with zero attached hydrogens (tertiary/aromatic N) is 1. The quantitative estimate of drug-likeness (QED) is 0.809. The Morgan fingerprint density at radius 2 is 1.80 bits per heavy atom. The number of fused-ring (bicyclic) bond motifs is 1. The highest BCUT2D eigenvalue weighted by Crippen LogP contribution is 2.23. The molecule has 0 spiro atoms. The smallest absolute Gasteiger partial charge is 0.0738 e. The van der Waals surface area contributed by atoms with Crippen LogP contribution in [0.3, 0.4) is 0 Å². The molecule has 0 atom stereocenters. The maximum Gasteiger partial charge on any atom is 0.0738 e. The highest BCUT2D eigenvalue weighted by atomic mass is 14.7. The van der Waals surface area contributed by atoms with Crippen LogP contribution in [0.25, 0.3) is 10.9 Å². The van der Waals surface area contributed by atoms with Gasteiger partial charge in [0.25, 0.3) is 0 Å². The van der Waals surface area contributed by atoms with Gasteiger partial charge in [0, 0.05) is 5.39 Å². The van der Waals surface area contributed by atoms with E-state index in [1.54, 1.807) is 6.20 Å². The number of aryl methyl sites for hydroxylation is 2. The van der Waals surface area contributed by atoms with E-state index in [2.05, 4.69) is 31.0 Å². The largest absolute Gasteiger partial charge is 0.397 e. The van der Waals surface area contributed by atoms with Crippen LogP contribution in [-0.4, -0.2) is 4.98 Å². The number of nitrogens with two attached hydrogens (primary N) is 1. The molecule has 2 N–H and O–H groups in total. The van der Waals surface area contributed by atoms with Gasteiger partial charge in [-0.3, -0.25) is 4.98 Å². The number of benzene rings is 1. The van der Waals surface area contributed by atoms with Crippen molar-refractivity contribution in [1.82, 2.24) is 4.98 Å². The number of pyridine rings is 1. The summed E-state index contributed by atoms with van der Waals surface area (Å²) in [7, 11) is 0. The van der Waals surface area contributed by atoms with Gasteiger partial charge in [-0.2, -0.15) is 0 Å². The van der Waals surface area contributed by atoms with Crippen LogP contribution >= 0.6 is 0 Å². The summed E-state index contributed by atoms with van der Waals surface area (Å²) in [4.78, 5) is 4.44. The van der Waals surface area contributed by atoms with E-state index in [0.717, 1.165) is 24.0 Å². The van der Waals surface area contributed by atoms with Gasteiger partial charge >= 0.3 is 0 Å². The van der Waals surface area contributed by atoms with Crippen molar-refractivity contribution in [3.63, 3.8) is 0 Å². The van der Waals surface area contributed by atoms with Gasteiger partial charge in [-0.05, 0) is 30.0 Å². The zero-order valence-electron chi connectivity index (χ0n) is 9.25. The van der Waals surface area contributed by atoms with E-state index >= 15 is 0 Å². The lowest BCUT2D eigenvalue weighted by Gasteiger charge is -2.08. The number of nitrogen functional groups attached to an aromatic ring is 1. The molecule has 0 aliphatic heterocycles. The molecule has 0 amide bonds. The van der Waals surface area contributed by atoms with Crippen LogP contribution in [-0.2, 0) is 12.8 Å². The third-order valence-corrected chi connectivity index (χ3v) is 2.81. The summed E-state index contributed by atoms with van der Waals surface area (Å²) in [6.45, 7) is 4.31. The van der Waals surface area contributed by atoms with E-state index in [-0.39, 0.29) is 0 Å². The molecule has 0 fully saturated rings. The fourth-order valence-electron chi connectivity index (χ4n) is 1.95. The second kappa shape index (κ2) is 3.89. The number of aromatic nitrogens is 1. The lowest BCUT2D eigenvalue weighted by Crippen LogP contribution is -1.94. The highest BCUT2D eigenvalue weighted by Gasteiger charge is 2.05. The molecular formula is C13H16N2. The summed E-state index contributed by atoms with van der Waals surface area (Å²) < 4.78 is 0. The van der Waals surface area contributed by atoms with Gasteiger partial charge in [0.1, 0.15) is 0 Å². The molecule has 78 valence electrons. The van der Waals surface area contributed by atoms with Gasteiger partial charge in [-0.1, -0.05) is 26.0 Å². The Hall–Kier alpha value is -1.57. The molecule has 1 heterocycles. The van der Waals surface area contributed by atoms with Gasteiger partial charge in [-0.25, -0.2) is 0 Å². The minimum absolute atomic E-state index is 0.741. The maximum atomic E-state index is 5.78. The van der Waals surface area contributed by atoms with Crippen molar-refractivity contribution in [2.75, 3.05) is 5.73 Å². The van der Waals surface area contributed by atoms with Crippen LogP contribution in [0.4, 0.5) is 5.69 Å². The SMILES string of the molecule is CCc1ccc(CC)c2ncc(N)cc12. The molecule has 2 heteroatoms. The van der Waals surface area contributed by atoms with Gasteiger partial charge < -0.3 is 5.73 Å². The molecule has 0 saturated carbocycles. The van der Waals surface area contributed by atoms with Crippen molar-refractivity contribution in [1.29, 1.82) is 0 Å². The Morgan fingerprint density at radius 1 is 1.13 bits per heavy atom. The summed E-state index contributed by atoms with van der Waals surface area (Å²) in [5.41, 5.74) is 10.2. The predicted molar refractivity (Wildman–Crippen MR) is 64.9 cm³/mol. The molecule has 0 aliphatic rings. The molecule has 0 saturated heterocycles. The summed E-state index contributed by atoms with van der Waals surface area (Å²) in [5, 5.41) is 1.21. The highest BCUT2D eigenvalue weighted by molar-refractivity contribution is 5.87. The Balaban J connectivity index is 2.80. The Kier molecular flexibility index (Phi) is 2.58. The molecule has 0 radical (unpaired) electrons. The van der Waals surface area contributed by atoms with Crippen LogP contribution in [0.2, 0.25) is 0 Å². The normalized spacial score (nSPS) is 10.8. The molecular weight excluding hydrogens is 184 g/mol. The standard InChI is InChI=1S/C13H16N2/c1-3-9-5-6-10(4-2)13-12(9)7-11(14)8-15-13/h5-8H,3-4,14H2,1-2H3. The second-order valence-corrected chi connectivity index (χ2v) is 3.76. The molecule has 2 rings (SSSR count). The number of rotatable bonds is 2. The minimum atomic E-state index is 0.741. The van der Waals surface area contributed by atoms with Crippen LogP contribution < -0.4 is 5.73 Å². The van der Waals surface area contributed by atoms with E-state index in [1.165, 1.54) is 16.5 Å². The summed E-state index contributed by atoms with van der Waals surface area (Å²) >= 11 is 0. The zero-order valence-corrected chi connectivity index (χ0v) is 9.25. The van der Waals surface area contributed by atoms with E-state index in [4.69, 9.17) is 5.73 Å². The second-order valence-electron chi connectivity index (χ2n) is 3.76. The van der Waals surface area contributed by atoms with Crippen LogP contribution in [0, 0.1) is 0 Å². The number of anilines is 1. The van der Waals surface area contributed by atoms with Crippen molar-refractivity contribution in [3.05, 3.63) is 35.5 Å². The van der Waals surface area contributed by atoms with Crippen LogP contribution in [0.1, 0.15) is 25.0 Å². The first-order valence-electron chi connectivity index (χ1n) is 5.42. The molecule has 2 aromatic rings. The zero-order chi connectivity index (χ0) is 10.8. The Bertz CT molecular complexity index is 489. The first-order valence-corrected chi connectivity index (χ1v) is 5.42. The van der Waals surface area contributed by atoms with E-state index in [1.807, 2.05) is 6.07 Å². The first-order chi connectivity index (χ1) is 7.26. The van der Waals surface area contributed by atoms with Gasteiger partial charge in [0.2, 0.25) is 0 Å². The average Bonchev–Trinajstić information content (AvgIpc) is 2.27. The summed E-state index contributed by atoms with van der Waals surface area (Å²) in [6.07, 6.45) is 3.77. The van der Waals surface area contributed by atoms with Crippen molar-refractivity contribution in [2.24, 2.45) is 0 Å². The lowest BCUT2D eigenvalue weighted by molar-refractivity contribution is 1.12. The molecule has 1 aromatic heterocycles. The van der Waals surface area contributed by atoms with Crippen molar-refractivity contribution in [3.8, 4) is 0 Å². The van der Waals surface area contributed by atoms with Gasteiger partial charge in [0.05, 0.1) is 17.4 Å². The molecule has 1 aromatic carbocycles. The molecule has 0 unspecified atom stereocenters. The van der Waals surface area contributed by atoms with Crippen molar-refractivity contribution in [2.45, 2.75) is 26.7 Å². The van der Waals surface area contributed by atoms with Crippen molar-refractivity contribution >= 4 is 16.6 Å². The average molecular weight is 200 g/mol. The number of hydrogen-bond donors (Lipinski definition) is 1. The lowest BCUT2D eigenvalue weighted by atomic mass is 10.0. The third-order valence-electron chi connectivity index (χ3n) is 2.81. The Morgan fingerprint density at radius 3 is 2.47 bits per heavy atom. The van der Waals surface area contributed by atoms with Gasteiger partial charge in [0.15, 0.2) is 0 Å². The first kappa shape index (κ1) is 9.97. The van der Waals surface area contributed by atoms with Crippen LogP contribution in [0.5, 0.6) is 0 Å². The Labute approximate surface area is 90.1 Å².